The van der Waals surface area contributed by atoms with Crippen LogP contribution in [0.1, 0.15) is 11.4 Å². The number of benzene rings is 1. The zero-order valence-electron chi connectivity index (χ0n) is 9.97. The molecule has 0 aliphatic carbocycles. The van der Waals surface area contributed by atoms with Crippen molar-refractivity contribution in [2.45, 2.75) is 13.0 Å². The van der Waals surface area contributed by atoms with Gasteiger partial charge in [-0.05, 0) is 23.8 Å². The maximum atomic E-state index is 11.3. The van der Waals surface area contributed by atoms with Gasteiger partial charge in [-0.15, -0.1) is 0 Å². The highest BCUT2D eigenvalue weighted by Gasteiger charge is 2.19. The number of aromatic nitrogens is 3. The van der Waals surface area contributed by atoms with E-state index in [9.17, 15) is 4.79 Å². The van der Waals surface area contributed by atoms with E-state index in [1.165, 1.54) is 0 Å². The molecular weight excluding hydrogens is 230 g/mol. The summed E-state index contributed by atoms with van der Waals surface area (Å²) in [5.74, 6) is 1.41. The Morgan fingerprint density at radius 2 is 2.33 bits per heavy atom. The summed E-state index contributed by atoms with van der Waals surface area (Å²) in [6.45, 7) is 0.318. The smallest absolute Gasteiger partial charge is 0.228 e. The number of carbonyl (C=O) groups is 1. The summed E-state index contributed by atoms with van der Waals surface area (Å²) in [5, 5.41) is 7.02. The van der Waals surface area contributed by atoms with Crippen LogP contribution in [0.15, 0.2) is 18.2 Å². The molecule has 0 bridgehead atoms. The van der Waals surface area contributed by atoms with Crippen molar-refractivity contribution in [3.05, 3.63) is 29.6 Å². The van der Waals surface area contributed by atoms with Crippen molar-refractivity contribution >= 4 is 11.6 Å². The molecule has 1 amide bonds. The molecule has 0 fully saturated rings. The number of hydrogen-bond donors (Lipinski definition) is 2. The van der Waals surface area contributed by atoms with Gasteiger partial charge in [0.05, 0.1) is 13.0 Å². The lowest BCUT2D eigenvalue weighted by Gasteiger charge is -2.03. The topological polar surface area (TPSA) is 85.8 Å². The molecule has 0 saturated carbocycles. The summed E-state index contributed by atoms with van der Waals surface area (Å²) in [6, 6.07) is 5.79. The second-order valence-electron chi connectivity index (χ2n) is 4.28. The van der Waals surface area contributed by atoms with Crippen LogP contribution in [0.4, 0.5) is 5.69 Å². The molecular formula is C12H13N5O. The molecule has 1 aliphatic heterocycles. The summed E-state index contributed by atoms with van der Waals surface area (Å²) >= 11 is 0. The average molecular weight is 243 g/mol. The predicted octanol–water partition coefficient (Wildman–Crippen LogP) is 0.435. The van der Waals surface area contributed by atoms with E-state index in [-0.39, 0.29) is 5.91 Å². The SMILES string of the molecule is Cn1nc(CN)nc1-c1ccc2c(c1)CC(=O)N2. The third-order valence-corrected chi connectivity index (χ3v) is 2.98. The predicted molar refractivity (Wildman–Crippen MR) is 66.7 cm³/mol. The van der Waals surface area contributed by atoms with Crippen molar-refractivity contribution in [2.75, 3.05) is 5.32 Å². The number of fused-ring (bicyclic) bond motifs is 1. The van der Waals surface area contributed by atoms with Crippen molar-refractivity contribution in [1.82, 2.24) is 14.8 Å². The van der Waals surface area contributed by atoms with Gasteiger partial charge < -0.3 is 11.1 Å². The second kappa shape index (κ2) is 3.92. The van der Waals surface area contributed by atoms with Gasteiger partial charge in [-0.2, -0.15) is 5.10 Å². The van der Waals surface area contributed by atoms with Crippen LogP contribution in [0.5, 0.6) is 0 Å². The molecule has 1 aromatic heterocycles. The minimum absolute atomic E-state index is 0.0303. The number of aryl methyl sites for hydroxylation is 1. The van der Waals surface area contributed by atoms with Crippen LogP contribution in [-0.4, -0.2) is 20.7 Å². The molecule has 3 N–H and O–H groups in total. The lowest BCUT2D eigenvalue weighted by atomic mass is 10.1. The minimum atomic E-state index is 0.0303. The van der Waals surface area contributed by atoms with Gasteiger partial charge >= 0.3 is 0 Å². The van der Waals surface area contributed by atoms with Crippen LogP contribution < -0.4 is 11.1 Å². The Kier molecular flexibility index (Phi) is 2.38. The summed E-state index contributed by atoms with van der Waals surface area (Å²) in [6.07, 6.45) is 0.421. The minimum Gasteiger partial charge on any atom is -0.326 e. The first-order valence-corrected chi connectivity index (χ1v) is 5.70. The van der Waals surface area contributed by atoms with Crippen LogP contribution in [-0.2, 0) is 24.8 Å². The number of carbonyl (C=O) groups excluding carboxylic acids is 1. The number of nitrogens with zero attached hydrogens (tertiary/aromatic N) is 3. The van der Waals surface area contributed by atoms with Crippen LogP contribution in [0.25, 0.3) is 11.4 Å². The quantitative estimate of drug-likeness (QED) is 0.801. The van der Waals surface area contributed by atoms with Crippen molar-refractivity contribution in [2.24, 2.45) is 12.8 Å². The molecule has 6 nitrogen and oxygen atoms in total. The summed E-state index contributed by atoms with van der Waals surface area (Å²) in [4.78, 5) is 15.7. The van der Waals surface area contributed by atoms with E-state index in [1.807, 2.05) is 25.2 Å². The van der Waals surface area contributed by atoms with Gasteiger partial charge in [-0.25, -0.2) is 9.67 Å². The lowest BCUT2D eigenvalue weighted by molar-refractivity contribution is -0.115. The van der Waals surface area contributed by atoms with E-state index in [4.69, 9.17) is 5.73 Å². The van der Waals surface area contributed by atoms with E-state index in [0.29, 0.717) is 18.8 Å². The normalized spacial score (nSPS) is 13.6. The Bertz CT molecular complexity index is 631. The fraction of sp³-hybridized carbons (Fsp3) is 0.250. The van der Waals surface area contributed by atoms with Gasteiger partial charge in [0, 0.05) is 18.3 Å². The van der Waals surface area contributed by atoms with Crippen LogP contribution in [0.2, 0.25) is 0 Å². The van der Waals surface area contributed by atoms with Crippen molar-refractivity contribution < 1.29 is 4.79 Å². The zero-order valence-corrected chi connectivity index (χ0v) is 9.97. The molecule has 2 aromatic rings. The van der Waals surface area contributed by atoms with Crippen LogP contribution in [0.3, 0.4) is 0 Å². The van der Waals surface area contributed by atoms with E-state index >= 15 is 0 Å². The number of rotatable bonds is 2. The Hall–Kier alpha value is -2.21. The molecule has 0 unspecified atom stereocenters. The fourth-order valence-electron chi connectivity index (χ4n) is 2.14. The zero-order chi connectivity index (χ0) is 12.7. The largest absolute Gasteiger partial charge is 0.326 e. The molecule has 0 radical (unpaired) electrons. The molecule has 0 spiro atoms. The van der Waals surface area contributed by atoms with Gasteiger partial charge in [0.15, 0.2) is 11.6 Å². The molecule has 1 aromatic carbocycles. The maximum Gasteiger partial charge on any atom is 0.228 e. The average Bonchev–Trinajstić information content (AvgIpc) is 2.89. The van der Waals surface area contributed by atoms with Gasteiger partial charge in [0.1, 0.15) is 0 Å². The number of amides is 1. The van der Waals surface area contributed by atoms with Gasteiger partial charge in [-0.3, -0.25) is 4.79 Å². The van der Waals surface area contributed by atoms with Gasteiger partial charge in [-0.1, -0.05) is 0 Å². The molecule has 92 valence electrons. The Morgan fingerprint density at radius 3 is 3.06 bits per heavy atom. The van der Waals surface area contributed by atoms with Crippen molar-refractivity contribution in [3.63, 3.8) is 0 Å². The van der Waals surface area contributed by atoms with Crippen molar-refractivity contribution in [1.29, 1.82) is 0 Å². The van der Waals surface area contributed by atoms with Gasteiger partial charge in [0.25, 0.3) is 0 Å². The van der Waals surface area contributed by atoms with Crippen LogP contribution in [0, 0.1) is 0 Å². The molecule has 6 heteroatoms. The van der Waals surface area contributed by atoms with Crippen molar-refractivity contribution in [3.8, 4) is 11.4 Å². The molecule has 2 heterocycles. The number of nitrogens with two attached hydrogens (primary N) is 1. The molecule has 0 saturated heterocycles. The Balaban J connectivity index is 2.05. The Morgan fingerprint density at radius 1 is 1.50 bits per heavy atom. The highest BCUT2D eigenvalue weighted by molar-refractivity contribution is 5.99. The third-order valence-electron chi connectivity index (χ3n) is 2.98. The van der Waals surface area contributed by atoms with Gasteiger partial charge in [0.2, 0.25) is 5.91 Å². The summed E-state index contributed by atoms with van der Waals surface area (Å²) in [7, 11) is 1.83. The number of hydrogen-bond acceptors (Lipinski definition) is 4. The lowest BCUT2D eigenvalue weighted by Crippen LogP contribution is -2.03. The maximum absolute atomic E-state index is 11.3. The first-order valence-electron chi connectivity index (χ1n) is 5.70. The fourth-order valence-corrected chi connectivity index (χ4v) is 2.14. The highest BCUT2D eigenvalue weighted by atomic mass is 16.1. The number of nitrogens with one attached hydrogen (secondary N) is 1. The highest BCUT2D eigenvalue weighted by Crippen LogP contribution is 2.27. The summed E-state index contributed by atoms with van der Waals surface area (Å²) in [5.41, 5.74) is 8.34. The monoisotopic (exact) mass is 243 g/mol. The van der Waals surface area contributed by atoms with E-state index in [1.54, 1.807) is 4.68 Å². The molecule has 1 aliphatic rings. The molecule has 18 heavy (non-hydrogen) atoms. The first-order chi connectivity index (χ1) is 8.67. The molecule has 0 atom stereocenters. The van der Waals surface area contributed by atoms with E-state index in [2.05, 4.69) is 15.4 Å². The number of anilines is 1. The van der Waals surface area contributed by atoms with Crippen LogP contribution >= 0.6 is 0 Å². The Labute approximate surface area is 104 Å². The third kappa shape index (κ3) is 1.67. The second-order valence-corrected chi connectivity index (χ2v) is 4.28. The van der Waals surface area contributed by atoms with E-state index < -0.39 is 0 Å². The summed E-state index contributed by atoms with van der Waals surface area (Å²) < 4.78 is 1.70. The standard InChI is InChI=1S/C12H13N5O/c1-17-12(15-10(6-13)16-17)7-2-3-9-8(4-7)5-11(18)14-9/h2-4H,5-6,13H2,1H3,(H,14,18). The van der Waals surface area contributed by atoms with E-state index in [0.717, 1.165) is 22.6 Å². The first kappa shape index (κ1) is 10.9. The molecule has 3 rings (SSSR count).